The normalized spacial score (nSPS) is 10.4. The molecule has 0 unspecified atom stereocenters. The van der Waals surface area contributed by atoms with Crippen LogP contribution in [0.1, 0.15) is 6.92 Å². The molecule has 7 heteroatoms. The van der Waals surface area contributed by atoms with Crippen molar-refractivity contribution in [3.8, 4) is 0 Å². The van der Waals surface area contributed by atoms with E-state index in [4.69, 9.17) is 27.9 Å². The van der Waals surface area contributed by atoms with Crippen LogP contribution in [0.25, 0.3) is 0 Å². The van der Waals surface area contributed by atoms with Gasteiger partial charge in [0.1, 0.15) is 0 Å². The third-order valence-corrected chi connectivity index (χ3v) is 2.89. The van der Waals surface area contributed by atoms with E-state index in [-0.39, 0.29) is 25.0 Å². The summed E-state index contributed by atoms with van der Waals surface area (Å²) in [6, 6.07) is 4.79. The Hall–Kier alpha value is -1.30. The van der Waals surface area contributed by atoms with Gasteiger partial charge >= 0.3 is 5.97 Å². The number of nitrogens with one attached hydrogen (secondary N) is 1. The van der Waals surface area contributed by atoms with Gasteiger partial charge in [0.05, 0.1) is 30.4 Å². The lowest BCUT2D eigenvalue weighted by atomic mass is 10.3. The highest BCUT2D eigenvalue weighted by Crippen LogP contribution is 2.25. The smallest absolute Gasteiger partial charge is 0.320 e. The predicted octanol–water partition coefficient (Wildman–Crippen LogP) is 2.43. The minimum atomic E-state index is -0.372. The summed E-state index contributed by atoms with van der Waals surface area (Å²) in [5, 5.41) is 3.51. The van der Waals surface area contributed by atoms with Gasteiger partial charge < -0.3 is 10.1 Å². The topological polar surface area (TPSA) is 58.6 Å². The molecule has 0 aromatic heterocycles. The molecule has 0 fully saturated rings. The zero-order valence-corrected chi connectivity index (χ0v) is 12.8. The van der Waals surface area contributed by atoms with Crippen molar-refractivity contribution in [1.29, 1.82) is 0 Å². The van der Waals surface area contributed by atoms with E-state index in [2.05, 4.69) is 5.32 Å². The number of esters is 1. The zero-order chi connectivity index (χ0) is 15.1. The number of anilines is 1. The Balaban J connectivity index is 2.51. The SMILES string of the molecule is CCOC(=O)CN(C)CC(=O)Nc1cc(Cl)ccc1Cl. The highest BCUT2D eigenvalue weighted by Gasteiger charge is 2.12. The van der Waals surface area contributed by atoms with Crippen LogP contribution >= 0.6 is 23.2 Å². The van der Waals surface area contributed by atoms with Crippen molar-refractivity contribution in [2.75, 3.05) is 32.1 Å². The molecule has 1 amide bonds. The molecule has 0 bridgehead atoms. The number of nitrogens with zero attached hydrogens (tertiary/aromatic N) is 1. The number of rotatable bonds is 6. The van der Waals surface area contributed by atoms with Crippen LogP contribution in [0.5, 0.6) is 0 Å². The number of carbonyl (C=O) groups excluding carboxylic acids is 2. The van der Waals surface area contributed by atoms with Crippen LogP contribution in [-0.4, -0.2) is 43.5 Å². The molecule has 20 heavy (non-hydrogen) atoms. The average molecular weight is 319 g/mol. The molecule has 0 aliphatic heterocycles. The summed E-state index contributed by atoms with van der Waals surface area (Å²) in [4.78, 5) is 24.6. The molecule has 1 aromatic rings. The summed E-state index contributed by atoms with van der Waals surface area (Å²) >= 11 is 11.8. The van der Waals surface area contributed by atoms with E-state index in [1.165, 1.54) is 0 Å². The molecule has 0 aliphatic rings. The van der Waals surface area contributed by atoms with Gasteiger partial charge in [-0.1, -0.05) is 23.2 Å². The Bertz CT molecular complexity index is 495. The highest BCUT2D eigenvalue weighted by atomic mass is 35.5. The van der Waals surface area contributed by atoms with Gasteiger partial charge in [-0.3, -0.25) is 14.5 Å². The zero-order valence-electron chi connectivity index (χ0n) is 11.3. The molecular formula is C13H16Cl2N2O3. The van der Waals surface area contributed by atoms with Gasteiger partial charge in [0.15, 0.2) is 0 Å². The van der Waals surface area contributed by atoms with E-state index in [1.54, 1.807) is 37.1 Å². The van der Waals surface area contributed by atoms with Crippen LogP contribution in [0.3, 0.4) is 0 Å². The second-order valence-electron chi connectivity index (χ2n) is 4.15. The first-order valence-electron chi connectivity index (χ1n) is 6.01. The minimum Gasteiger partial charge on any atom is -0.465 e. The van der Waals surface area contributed by atoms with E-state index in [9.17, 15) is 9.59 Å². The van der Waals surface area contributed by atoms with Crippen LogP contribution in [0.4, 0.5) is 5.69 Å². The first-order valence-corrected chi connectivity index (χ1v) is 6.77. The Kier molecular flexibility index (Phi) is 6.78. The van der Waals surface area contributed by atoms with Gasteiger partial charge in [-0.05, 0) is 32.2 Å². The third-order valence-electron chi connectivity index (χ3n) is 2.32. The van der Waals surface area contributed by atoms with Gasteiger partial charge in [0.2, 0.25) is 5.91 Å². The van der Waals surface area contributed by atoms with Gasteiger partial charge in [0.25, 0.3) is 0 Å². The molecule has 0 saturated heterocycles. The molecule has 0 saturated carbocycles. The van der Waals surface area contributed by atoms with Crippen LogP contribution in [0.2, 0.25) is 10.0 Å². The number of amides is 1. The second-order valence-corrected chi connectivity index (χ2v) is 4.99. The summed E-state index contributed by atoms with van der Waals surface area (Å²) in [5.74, 6) is -0.662. The molecule has 1 rings (SSSR count). The number of likely N-dealkylation sites (N-methyl/N-ethyl adjacent to an activating group) is 1. The van der Waals surface area contributed by atoms with Crippen LogP contribution < -0.4 is 5.32 Å². The fourth-order valence-electron chi connectivity index (χ4n) is 1.51. The molecule has 5 nitrogen and oxygen atoms in total. The largest absolute Gasteiger partial charge is 0.465 e. The van der Waals surface area contributed by atoms with Crippen molar-refractivity contribution in [3.05, 3.63) is 28.2 Å². The molecule has 0 radical (unpaired) electrons. The third kappa shape index (κ3) is 5.77. The summed E-state index contributed by atoms with van der Waals surface area (Å²) in [6.07, 6.45) is 0. The van der Waals surface area contributed by atoms with E-state index in [0.29, 0.717) is 22.3 Å². The Morgan fingerprint density at radius 1 is 1.30 bits per heavy atom. The number of ether oxygens (including phenoxy) is 1. The maximum absolute atomic E-state index is 11.8. The van der Waals surface area contributed by atoms with Crippen LogP contribution in [0.15, 0.2) is 18.2 Å². The van der Waals surface area contributed by atoms with Crippen molar-refractivity contribution >= 4 is 40.8 Å². The van der Waals surface area contributed by atoms with Crippen molar-refractivity contribution in [1.82, 2.24) is 4.90 Å². The number of hydrogen-bond acceptors (Lipinski definition) is 4. The van der Waals surface area contributed by atoms with E-state index in [0.717, 1.165) is 0 Å². The van der Waals surface area contributed by atoms with Crippen molar-refractivity contribution < 1.29 is 14.3 Å². The molecule has 1 aromatic carbocycles. The first kappa shape index (κ1) is 16.8. The fraction of sp³-hybridized carbons (Fsp3) is 0.385. The lowest BCUT2D eigenvalue weighted by Crippen LogP contribution is -2.34. The lowest BCUT2D eigenvalue weighted by molar-refractivity contribution is -0.144. The summed E-state index contributed by atoms with van der Waals surface area (Å²) in [7, 11) is 1.65. The Morgan fingerprint density at radius 2 is 2.00 bits per heavy atom. The first-order chi connectivity index (χ1) is 9.42. The number of benzene rings is 1. The lowest BCUT2D eigenvalue weighted by Gasteiger charge is -2.15. The molecule has 0 heterocycles. The van der Waals surface area contributed by atoms with Crippen molar-refractivity contribution in [3.63, 3.8) is 0 Å². The number of carbonyl (C=O) groups is 2. The van der Waals surface area contributed by atoms with E-state index < -0.39 is 0 Å². The molecule has 110 valence electrons. The van der Waals surface area contributed by atoms with Crippen LogP contribution in [-0.2, 0) is 14.3 Å². The predicted molar refractivity (Wildman–Crippen MR) is 79.2 cm³/mol. The number of halogens is 2. The average Bonchev–Trinajstić information content (AvgIpc) is 2.33. The number of hydrogen-bond donors (Lipinski definition) is 1. The molecular weight excluding hydrogens is 303 g/mol. The molecule has 0 aliphatic carbocycles. The Labute approximate surface area is 127 Å². The van der Waals surface area contributed by atoms with E-state index in [1.807, 2.05) is 0 Å². The monoisotopic (exact) mass is 318 g/mol. The van der Waals surface area contributed by atoms with Gasteiger partial charge in [-0.2, -0.15) is 0 Å². The molecule has 0 atom stereocenters. The van der Waals surface area contributed by atoms with Crippen molar-refractivity contribution in [2.45, 2.75) is 6.92 Å². The van der Waals surface area contributed by atoms with Gasteiger partial charge in [-0.15, -0.1) is 0 Å². The summed E-state index contributed by atoms with van der Waals surface area (Å²) in [5.41, 5.74) is 0.439. The maximum atomic E-state index is 11.8. The minimum absolute atomic E-state index is 0.0433. The maximum Gasteiger partial charge on any atom is 0.320 e. The summed E-state index contributed by atoms with van der Waals surface area (Å²) in [6.45, 7) is 2.13. The summed E-state index contributed by atoms with van der Waals surface area (Å²) < 4.78 is 4.80. The standard InChI is InChI=1S/C13H16Cl2N2O3/c1-3-20-13(19)8-17(2)7-12(18)16-11-6-9(14)4-5-10(11)15/h4-6H,3,7-8H2,1-2H3,(H,16,18). The van der Waals surface area contributed by atoms with Crippen LogP contribution in [0, 0.1) is 0 Å². The molecule has 0 spiro atoms. The quantitative estimate of drug-likeness (QED) is 0.818. The Morgan fingerprint density at radius 3 is 2.65 bits per heavy atom. The highest BCUT2D eigenvalue weighted by molar-refractivity contribution is 6.35. The van der Waals surface area contributed by atoms with Crippen molar-refractivity contribution in [2.24, 2.45) is 0 Å². The van der Waals surface area contributed by atoms with Gasteiger partial charge in [0, 0.05) is 5.02 Å². The second kappa shape index (κ2) is 8.09. The van der Waals surface area contributed by atoms with E-state index >= 15 is 0 Å². The van der Waals surface area contributed by atoms with Gasteiger partial charge in [-0.25, -0.2) is 0 Å². The fourth-order valence-corrected chi connectivity index (χ4v) is 1.85. The molecule has 1 N–H and O–H groups in total.